The van der Waals surface area contributed by atoms with Gasteiger partial charge in [0, 0.05) is 10.7 Å². The van der Waals surface area contributed by atoms with Gasteiger partial charge in [0.15, 0.2) is 22.3 Å². The summed E-state index contributed by atoms with van der Waals surface area (Å²) in [6.45, 7) is 0. The fourth-order valence-corrected chi connectivity index (χ4v) is 2.35. The molecule has 0 heterocycles. The van der Waals surface area contributed by atoms with Crippen molar-refractivity contribution in [3.8, 4) is 5.75 Å². The van der Waals surface area contributed by atoms with Crippen molar-refractivity contribution < 1.29 is 21.9 Å². The summed E-state index contributed by atoms with van der Waals surface area (Å²) >= 11 is 5.26. The monoisotopic (exact) mass is 276 g/mol. The van der Waals surface area contributed by atoms with Gasteiger partial charge in [0.2, 0.25) is 0 Å². The molecule has 15 heavy (non-hydrogen) atoms. The first-order chi connectivity index (χ1) is 6.79. The van der Waals surface area contributed by atoms with E-state index >= 15 is 0 Å². The van der Waals surface area contributed by atoms with Gasteiger partial charge < -0.3 is 4.74 Å². The standard InChI is InChI=1S/C7H4Cl2F2O3S/c1-14-6-4(10)2-3(8)5(11)7(6)15(9,12)13/h2H,1H3. The molecule has 0 saturated carbocycles. The highest BCUT2D eigenvalue weighted by atomic mass is 35.7. The van der Waals surface area contributed by atoms with E-state index in [1.807, 2.05) is 0 Å². The van der Waals surface area contributed by atoms with Gasteiger partial charge in [-0.25, -0.2) is 17.2 Å². The summed E-state index contributed by atoms with van der Waals surface area (Å²) in [6, 6.07) is 0.599. The molecule has 8 heteroatoms. The van der Waals surface area contributed by atoms with E-state index in [4.69, 9.17) is 22.3 Å². The lowest BCUT2D eigenvalue weighted by Crippen LogP contribution is -2.03. The topological polar surface area (TPSA) is 43.4 Å². The third kappa shape index (κ3) is 2.32. The highest BCUT2D eigenvalue weighted by Crippen LogP contribution is 2.35. The first-order valence-electron chi connectivity index (χ1n) is 3.45. The lowest BCUT2D eigenvalue weighted by atomic mass is 10.3. The number of halogens is 4. The summed E-state index contributed by atoms with van der Waals surface area (Å²) in [5.74, 6) is -3.25. The minimum atomic E-state index is -4.47. The first-order valence-corrected chi connectivity index (χ1v) is 6.14. The molecule has 0 N–H and O–H groups in total. The molecular weight excluding hydrogens is 273 g/mol. The summed E-state index contributed by atoms with van der Waals surface area (Å²) in [6.07, 6.45) is 0. The van der Waals surface area contributed by atoms with Crippen LogP contribution in [0.3, 0.4) is 0 Å². The van der Waals surface area contributed by atoms with Crippen LogP contribution in [0.5, 0.6) is 5.75 Å². The Morgan fingerprint density at radius 1 is 1.40 bits per heavy atom. The number of ether oxygens (including phenoxy) is 1. The van der Waals surface area contributed by atoms with Crippen molar-refractivity contribution in [3.05, 3.63) is 22.7 Å². The van der Waals surface area contributed by atoms with Crippen molar-refractivity contribution in [1.29, 1.82) is 0 Å². The van der Waals surface area contributed by atoms with Gasteiger partial charge in [-0.1, -0.05) is 11.6 Å². The molecular formula is C7H4Cl2F2O3S. The maximum Gasteiger partial charge on any atom is 0.268 e. The van der Waals surface area contributed by atoms with Crippen LogP contribution in [-0.2, 0) is 9.05 Å². The van der Waals surface area contributed by atoms with Gasteiger partial charge in [-0.2, -0.15) is 0 Å². The molecule has 0 fully saturated rings. The van der Waals surface area contributed by atoms with Crippen LogP contribution in [-0.4, -0.2) is 15.5 Å². The predicted molar refractivity (Wildman–Crippen MR) is 51.0 cm³/mol. The van der Waals surface area contributed by atoms with Crippen molar-refractivity contribution >= 4 is 31.3 Å². The van der Waals surface area contributed by atoms with Crippen LogP contribution in [0.4, 0.5) is 8.78 Å². The zero-order valence-corrected chi connectivity index (χ0v) is 9.55. The summed E-state index contributed by atoms with van der Waals surface area (Å²) in [5, 5.41) is -0.687. The van der Waals surface area contributed by atoms with Crippen molar-refractivity contribution in [3.63, 3.8) is 0 Å². The fraction of sp³-hybridized carbons (Fsp3) is 0.143. The van der Waals surface area contributed by atoms with Crippen LogP contribution in [0.15, 0.2) is 11.0 Å². The van der Waals surface area contributed by atoms with Gasteiger partial charge in [-0.05, 0) is 6.07 Å². The van der Waals surface area contributed by atoms with Crippen LogP contribution in [0.1, 0.15) is 0 Å². The van der Waals surface area contributed by atoms with Crippen LogP contribution >= 0.6 is 22.3 Å². The molecule has 0 aliphatic carbocycles. The maximum atomic E-state index is 13.3. The lowest BCUT2D eigenvalue weighted by molar-refractivity contribution is 0.367. The Labute approximate surface area is 94.0 Å². The molecule has 1 aromatic rings. The molecule has 0 unspecified atom stereocenters. The molecule has 0 saturated heterocycles. The van der Waals surface area contributed by atoms with Crippen LogP contribution in [0.2, 0.25) is 5.02 Å². The van der Waals surface area contributed by atoms with Gasteiger partial charge in [0.25, 0.3) is 9.05 Å². The Morgan fingerprint density at radius 3 is 2.33 bits per heavy atom. The Morgan fingerprint density at radius 2 is 1.93 bits per heavy atom. The number of benzene rings is 1. The van der Waals surface area contributed by atoms with Gasteiger partial charge in [0.05, 0.1) is 12.1 Å². The van der Waals surface area contributed by atoms with E-state index in [2.05, 4.69) is 4.74 Å². The van der Waals surface area contributed by atoms with E-state index < -0.39 is 36.4 Å². The molecule has 3 nitrogen and oxygen atoms in total. The van der Waals surface area contributed by atoms with Crippen LogP contribution in [0.25, 0.3) is 0 Å². The second-order valence-corrected chi connectivity index (χ2v) is 5.36. The van der Waals surface area contributed by atoms with Crippen molar-refractivity contribution in [1.82, 2.24) is 0 Å². The van der Waals surface area contributed by atoms with Gasteiger partial charge >= 0.3 is 0 Å². The molecule has 0 aromatic heterocycles. The SMILES string of the molecule is COc1c(F)cc(Cl)c(F)c1S(=O)(=O)Cl. The molecule has 0 aliphatic heterocycles. The quantitative estimate of drug-likeness (QED) is 0.616. The third-order valence-corrected chi connectivity index (χ3v) is 3.12. The highest BCUT2D eigenvalue weighted by Gasteiger charge is 2.27. The predicted octanol–water partition coefficient (Wildman–Crippen LogP) is 2.55. The summed E-state index contributed by atoms with van der Waals surface area (Å²) in [7, 11) is 1.43. The van der Waals surface area contributed by atoms with E-state index in [-0.39, 0.29) is 0 Å². The summed E-state index contributed by atoms with van der Waals surface area (Å²) in [5.41, 5.74) is 0. The molecule has 0 aliphatic rings. The number of hydrogen-bond donors (Lipinski definition) is 0. The van der Waals surface area contributed by atoms with E-state index in [0.717, 1.165) is 7.11 Å². The largest absolute Gasteiger partial charge is 0.492 e. The van der Waals surface area contributed by atoms with E-state index in [0.29, 0.717) is 6.07 Å². The Balaban J connectivity index is 3.74. The first kappa shape index (κ1) is 12.5. The zero-order chi connectivity index (χ0) is 11.8. The molecule has 0 bridgehead atoms. The van der Waals surface area contributed by atoms with E-state index in [9.17, 15) is 17.2 Å². The van der Waals surface area contributed by atoms with E-state index in [1.165, 1.54) is 0 Å². The molecule has 1 rings (SSSR count). The van der Waals surface area contributed by atoms with Gasteiger partial charge in [-0.3, -0.25) is 0 Å². The summed E-state index contributed by atoms with van der Waals surface area (Å²) in [4.78, 5) is -1.10. The fourth-order valence-electron chi connectivity index (χ4n) is 0.965. The number of hydrogen-bond acceptors (Lipinski definition) is 3. The number of methoxy groups -OCH3 is 1. The average molecular weight is 277 g/mol. The minimum Gasteiger partial charge on any atom is -0.492 e. The average Bonchev–Trinajstić information content (AvgIpc) is 2.08. The normalized spacial score (nSPS) is 11.5. The molecule has 84 valence electrons. The third-order valence-electron chi connectivity index (χ3n) is 1.53. The van der Waals surface area contributed by atoms with Crippen LogP contribution < -0.4 is 4.74 Å². The Kier molecular flexibility index (Phi) is 3.42. The second-order valence-electron chi connectivity index (χ2n) is 2.45. The molecule has 1 aromatic carbocycles. The highest BCUT2D eigenvalue weighted by molar-refractivity contribution is 8.13. The van der Waals surface area contributed by atoms with Crippen LogP contribution in [0, 0.1) is 11.6 Å². The van der Waals surface area contributed by atoms with Gasteiger partial charge in [0.1, 0.15) is 0 Å². The second kappa shape index (κ2) is 4.11. The zero-order valence-electron chi connectivity index (χ0n) is 7.22. The lowest BCUT2D eigenvalue weighted by Gasteiger charge is -2.08. The molecule has 0 spiro atoms. The maximum absolute atomic E-state index is 13.3. The van der Waals surface area contributed by atoms with E-state index in [1.54, 1.807) is 0 Å². The molecule has 0 amide bonds. The molecule has 0 radical (unpaired) electrons. The van der Waals surface area contributed by atoms with Crippen molar-refractivity contribution in [2.75, 3.05) is 7.11 Å². The summed E-state index contributed by atoms with van der Waals surface area (Å²) < 4.78 is 52.7. The Bertz CT molecular complexity index is 501. The van der Waals surface area contributed by atoms with Gasteiger partial charge in [-0.15, -0.1) is 0 Å². The smallest absolute Gasteiger partial charge is 0.268 e. The Hall–Kier alpha value is -0.590. The number of rotatable bonds is 2. The van der Waals surface area contributed by atoms with Crippen molar-refractivity contribution in [2.24, 2.45) is 0 Å². The molecule has 0 atom stereocenters. The van der Waals surface area contributed by atoms with Crippen molar-refractivity contribution in [2.45, 2.75) is 4.90 Å². The minimum absolute atomic E-state index is 0.599.